The summed E-state index contributed by atoms with van der Waals surface area (Å²) in [6.45, 7) is 30.8. The Kier molecular flexibility index (Phi) is 31.3. The summed E-state index contributed by atoms with van der Waals surface area (Å²) in [5.74, 6) is -12.8. The molecule has 20 nitrogen and oxygen atoms in total. The van der Waals surface area contributed by atoms with Gasteiger partial charge in [0.15, 0.2) is 23.1 Å². The smallest absolute Gasteiger partial charge is 0.245 e. The number of aldehydes is 1. The van der Waals surface area contributed by atoms with Gasteiger partial charge in [-0.15, -0.1) is 0 Å². The van der Waals surface area contributed by atoms with Crippen LogP contribution in [0.5, 0.6) is 0 Å². The fourth-order valence-corrected chi connectivity index (χ4v) is 11.5. The number of aliphatic hydroxyl groups is 1. The number of rotatable bonds is 15. The lowest BCUT2D eigenvalue weighted by molar-refractivity contribution is -0.150. The van der Waals surface area contributed by atoms with E-state index < -0.39 is 173 Å². The van der Waals surface area contributed by atoms with Crippen molar-refractivity contribution in [1.29, 1.82) is 0 Å². The first-order valence-corrected chi connectivity index (χ1v) is 30.6. The van der Waals surface area contributed by atoms with Gasteiger partial charge in [0.2, 0.25) is 41.4 Å². The number of carbonyl (C=O) groups excluding carboxylic acids is 12. The molecule has 20 heteroatoms. The van der Waals surface area contributed by atoms with Crippen molar-refractivity contribution in [3.8, 4) is 0 Å². The molecule has 478 valence electrons. The highest BCUT2D eigenvalue weighted by Gasteiger charge is 2.46. The summed E-state index contributed by atoms with van der Waals surface area (Å²) in [6, 6.07) is -8.76. The Bertz CT molecular complexity index is 2330. The number of Topliss-reactive ketones (excluding diaryl/α,β-unsaturated/α-hetero) is 4. The third-order valence-corrected chi connectivity index (χ3v) is 16.5. The largest absolute Gasteiger partial charge is 0.390 e. The molecule has 1 aliphatic rings. The summed E-state index contributed by atoms with van der Waals surface area (Å²) in [5, 5.41) is 20.0. The predicted molar refractivity (Wildman–Crippen MR) is 324 cm³/mol. The third kappa shape index (κ3) is 21.7. The Labute approximate surface area is 502 Å². The maximum absolute atomic E-state index is 14.8. The lowest BCUT2D eigenvalue weighted by atomic mass is 9.77. The molecule has 0 radical (unpaired) electrons. The van der Waals surface area contributed by atoms with E-state index in [-0.39, 0.29) is 56.3 Å². The zero-order valence-corrected chi connectivity index (χ0v) is 55.1. The number of allylic oxidation sites excluding steroid dienone is 2. The standard InChI is InChI=1S/C64H109N7O13/c1-23-25-26-40(13)55(77)53-58(79)66-46(24-2)49(73)31-42(15)60(81)71(22)56(64(17,18)34-72)52(76)33-45(38(9)10)63(84)69(20)47(28-36(5)6)50(74)30-41(14)57(78)65-43(16)61(82)68(19)48(29-37(7)8)51(75)32-44(27-35(3)4)62(83)70(21)54(39(11)12)59(80)67-53/h23,25,34-48,53-56,77H,24,26-33H2,1-22H3,(H,65,78)(H,66,79)(H,67,80)/b25-23+/t40-,41-,42+,43-,44-,45+,46+,47+,48+,53+,54+,55-,56-/m1/s1. The number of aliphatic hydroxyl groups excluding tert-OH is 1. The normalized spacial score (nSPS) is 28.0. The molecule has 0 aromatic rings. The van der Waals surface area contributed by atoms with Gasteiger partial charge in [0, 0.05) is 83.0 Å². The maximum Gasteiger partial charge on any atom is 0.245 e. The minimum Gasteiger partial charge on any atom is -0.390 e. The monoisotopic (exact) mass is 1180 g/mol. The second-order valence-electron chi connectivity index (χ2n) is 26.7. The van der Waals surface area contributed by atoms with Crippen LogP contribution < -0.4 is 16.0 Å². The van der Waals surface area contributed by atoms with Gasteiger partial charge in [0.05, 0.1) is 24.2 Å². The zero-order valence-electron chi connectivity index (χ0n) is 55.1. The minimum absolute atomic E-state index is 0.0328. The van der Waals surface area contributed by atoms with Gasteiger partial charge in [0.25, 0.3) is 0 Å². The summed E-state index contributed by atoms with van der Waals surface area (Å²) in [6.07, 6.45) is 2.11. The molecule has 0 aliphatic carbocycles. The highest BCUT2D eigenvalue weighted by Crippen LogP contribution is 2.31. The van der Waals surface area contributed by atoms with Crippen LogP contribution in [0.25, 0.3) is 0 Å². The van der Waals surface area contributed by atoms with Crippen molar-refractivity contribution in [2.45, 2.75) is 231 Å². The van der Waals surface area contributed by atoms with Crippen LogP contribution in [-0.4, -0.2) is 172 Å². The molecule has 0 spiro atoms. The number of likely N-dealkylation sites (N-methyl/N-ethyl adjacent to an activating group) is 4. The van der Waals surface area contributed by atoms with Gasteiger partial charge < -0.3 is 45.5 Å². The lowest BCUT2D eigenvalue weighted by Crippen LogP contribution is -2.61. The molecule has 0 saturated carbocycles. The average molecular weight is 1180 g/mol. The summed E-state index contributed by atoms with van der Waals surface area (Å²) in [4.78, 5) is 177. The van der Waals surface area contributed by atoms with Crippen molar-refractivity contribution in [3.05, 3.63) is 12.2 Å². The number of hydrogen-bond acceptors (Lipinski definition) is 13. The molecule has 84 heavy (non-hydrogen) atoms. The number of carbonyl (C=O) groups is 12. The molecule has 0 aromatic carbocycles. The molecule has 1 heterocycles. The second kappa shape index (κ2) is 34.5. The van der Waals surface area contributed by atoms with E-state index in [0.29, 0.717) is 12.7 Å². The number of ketones is 4. The number of hydrogen-bond donors (Lipinski definition) is 4. The zero-order chi connectivity index (χ0) is 65.2. The van der Waals surface area contributed by atoms with E-state index in [4.69, 9.17) is 0 Å². The number of amides is 7. The molecule has 1 fully saturated rings. The van der Waals surface area contributed by atoms with E-state index in [1.165, 1.54) is 77.5 Å². The molecule has 7 amide bonds. The molecule has 1 rings (SSSR count). The molecule has 1 aliphatic heterocycles. The molecule has 0 unspecified atom stereocenters. The van der Waals surface area contributed by atoms with Gasteiger partial charge in [-0.2, -0.15) is 0 Å². The van der Waals surface area contributed by atoms with Crippen molar-refractivity contribution >= 4 is 70.8 Å². The summed E-state index contributed by atoms with van der Waals surface area (Å²) in [7, 11) is 5.71. The van der Waals surface area contributed by atoms with Crippen molar-refractivity contribution in [2.24, 2.45) is 64.6 Å². The van der Waals surface area contributed by atoms with E-state index in [0.717, 1.165) is 4.90 Å². The first kappa shape index (κ1) is 76.4. The number of nitrogens with zero attached hydrogens (tertiary/aromatic N) is 4. The second-order valence-corrected chi connectivity index (χ2v) is 26.7. The van der Waals surface area contributed by atoms with Gasteiger partial charge in [-0.25, -0.2) is 0 Å². The average Bonchev–Trinajstić information content (AvgIpc) is 3.37. The van der Waals surface area contributed by atoms with Crippen LogP contribution in [0.1, 0.15) is 182 Å². The summed E-state index contributed by atoms with van der Waals surface area (Å²) < 4.78 is 0. The van der Waals surface area contributed by atoms with Gasteiger partial charge in [-0.05, 0) is 81.5 Å². The van der Waals surface area contributed by atoms with Crippen LogP contribution in [0.2, 0.25) is 0 Å². The van der Waals surface area contributed by atoms with E-state index in [1.807, 2.05) is 41.5 Å². The minimum atomic E-state index is -1.65. The molecule has 1 saturated heterocycles. The number of nitrogens with one attached hydrogen (secondary N) is 3. The van der Waals surface area contributed by atoms with Crippen LogP contribution in [0.3, 0.4) is 0 Å². The predicted octanol–water partition coefficient (Wildman–Crippen LogP) is 6.17. The first-order valence-electron chi connectivity index (χ1n) is 30.6. The lowest BCUT2D eigenvalue weighted by Gasteiger charge is -2.38. The third-order valence-electron chi connectivity index (χ3n) is 16.5. The van der Waals surface area contributed by atoms with Crippen molar-refractivity contribution < 1.29 is 62.6 Å². The molecular formula is C64H109N7O13. The van der Waals surface area contributed by atoms with E-state index in [9.17, 15) is 62.6 Å². The Hall–Kier alpha value is -5.66. The molecule has 13 atom stereocenters. The van der Waals surface area contributed by atoms with Crippen molar-refractivity contribution in [1.82, 2.24) is 35.6 Å². The van der Waals surface area contributed by atoms with Crippen molar-refractivity contribution in [3.63, 3.8) is 0 Å². The maximum atomic E-state index is 14.8. The Morgan fingerprint density at radius 2 is 1.06 bits per heavy atom. The van der Waals surface area contributed by atoms with Gasteiger partial charge >= 0.3 is 0 Å². The van der Waals surface area contributed by atoms with E-state index >= 15 is 0 Å². The van der Waals surface area contributed by atoms with E-state index in [2.05, 4.69) is 16.0 Å². The topological polar surface area (TPSA) is 274 Å². The molecule has 4 N–H and O–H groups in total. The fraction of sp³-hybridized carbons (Fsp3) is 0.781. The fourth-order valence-electron chi connectivity index (χ4n) is 11.5. The molecule has 0 aromatic heterocycles. The quantitative estimate of drug-likeness (QED) is 0.106. The Morgan fingerprint density at radius 1 is 0.560 bits per heavy atom. The van der Waals surface area contributed by atoms with Crippen LogP contribution >= 0.6 is 0 Å². The van der Waals surface area contributed by atoms with Crippen molar-refractivity contribution in [2.75, 3.05) is 28.2 Å². The van der Waals surface area contributed by atoms with Crippen LogP contribution in [0.15, 0.2) is 12.2 Å². The molecular weight excluding hydrogens is 1070 g/mol. The first-order chi connectivity index (χ1) is 38.7. The summed E-state index contributed by atoms with van der Waals surface area (Å²) in [5.41, 5.74) is -1.49. The van der Waals surface area contributed by atoms with Crippen LogP contribution in [0, 0.1) is 64.6 Å². The van der Waals surface area contributed by atoms with E-state index in [1.54, 1.807) is 60.6 Å². The highest BCUT2D eigenvalue weighted by atomic mass is 16.3. The highest BCUT2D eigenvalue weighted by molar-refractivity contribution is 6.00. The molecule has 0 bridgehead atoms. The van der Waals surface area contributed by atoms with Gasteiger partial charge in [0.1, 0.15) is 30.5 Å². The van der Waals surface area contributed by atoms with Crippen LogP contribution in [0.4, 0.5) is 0 Å². The van der Waals surface area contributed by atoms with Crippen LogP contribution in [-0.2, 0) is 57.5 Å². The van der Waals surface area contributed by atoms with Gasteiger partial charge in [-0.3, -0.25) is 52.7 Å². The Morgan fingerprint density at radius 3 is 1.52 bits per heavy atom. The SMILES string of the molecule is C/C=C/C[C@@H](C)[C@@H](O)[C@@H]1NC(=O)[C@H](C(C)C)N(C)C(=O)[C@H](CC(C)C)CC(=O)[C@H](CC(C)C)N(C)C(=O)[C@@H](C)NC(=O)[C@H](C)CC(=O)[C@H](CC(C)C)N(C)C(=O)[C@H](C(C)C)CC(=O)[C@H](C(C)(C)C=O)N(C)C(=O)[C@@H](C)CC(=O)[C@H](CC)NC1=O. The summed E-state index contributed by atoms with van der Waals surface area (Å²) >= 11 is 0. The van der Waals surface area contributed by atoms with Gasteiger partial charge in [-0.1, -0.05) is 123 Å². The Balaban J connectivity index is 4.26.